The van der Waals surface area contributed by atoms with Crippen molar-refractivity contribution in [3.05, 3.63) is 0 Å². The molecule has 20 heavy (non-hydrogen) atoms. The number of amidine groups is 1. The molecule has 0 aliphatic heterocycles. The molecule has 2 aliphatic rings. The molecule has 2 aliphatic carbocycles. The number of nitrogens with zero attached hydrogens (tertiary/aromatic N) is 1. The molecule has 0 saturated heterocycles. The molecule has 0 spiro atoms. The van der Waals surface area contributed by atoms with Crippen molar-refractivity contribution in [3.8, 4) is 0 Å². The molecule has 1 amide bonds. The maximum Gasteiger partial charge on any atom is 0.248 e. The lowest BCUT2D eigenvalue weighted by molar-refractivity contribution is -0.130. The predicted molar refractivity (Wildman–Crippen MR) is 69.7 cm³/mol. The average molecular weight is 289 g/mol. The number of hydrogen-bond acceptors (Lipinski definition) is 3. The summed E-state index contributed by atoms with van der Waals surface area (Å²) in [5, 5.41) is 14.7. The maximum atomic E-state index is 13.1. The Bertz CT molecular complexity index is 396. The lowest BCUT2D eigenvalue weighted by Gasteiger charge is -2.33. The van der Waals surface area contributed by atoms with Crippen LogP contribution < -0.4 is 11.1 Å². The molecule has 114 valence electrons. The highest BCUT2D eigenvalue weighted by atomic mass is 19.3. The van der Waals surface area contributed by atoms with Gasteiger partial charge in [-0.2, -0.15) is 0 Å². The molecule has 0 unspecified atom stereocenters. The summed E-state index contributed by atoms with van der Waals surface area (Å²) in [6, 6.07) is 0. The van der Waals surface area contributed by atoms with Gasteiger partial charge in [-0.3, -0.25) is 4.79 Å². The second-order valence-electron chi connectivity index (χ2n) is 5.89. The molecule has 0 aromatic rings. The zero-order chi connectivity index (χ0) is 14.8. The minimum atomic E-state index is -2.65. The zero-order valence-electron chi connectivity index (χ0n) is 11.4. The summed E-state index contributed by atoms with van der Waals surface area (Å²) < 4.78 is 26.2. The second kappa shape index (κ2) is 5.54. The lowest BCUT2D eigenvalue weighted by atomic mass is 9.85. The van der Waals surface area contributed by atoms with Gasteiger partial charge < -0.3 is 16.3 Å². The van der Waals surface area contributed by atoms with Crippen LogP contribution in [0.25, 0.3) is 0 Å². The number of carbonyl (C=O) groups excluding carboxylic acids is 1. The number of amides is 1. The number of alkyl halides is 2. The van der Waals surface area contributed by atoms with Crippen LogP contribution in [0.4, 0.5) is 8.78 Å². The molecule has 7 heteroatoms. The summed E-state index contributed by atoms with van der Waals surface area (Å²) in [6.45, 7) is 0. The third kappa shape index (κ3) is 3.02. The van der Waals surface area contributed by atoms with Crippen LogP contribution in [0.1, 0.15) is 51.4 Å². The number of nitrogens with one attached hydrogen (secondary N) is 1. The van der Waals surface area contributed by atoms with Gasteiger partial charge in [-0.1, -0.05) is 18.0 Å². The van der Waals surface area contributed by atoms with Gasteiger partial charge in [0.25, 0.3) is 0 Å². The van der Waals surface area contributed by atoms with E-state index in [-0.39, 0.29) is 37.4 Å². The normalized spacial score (nSPS) is 26.4. The molecule has 0 radical (unpaired) electrons. The predicted octanol–water partition coefficient (Wildman–Crippen LogP) is 1.99. The Morgan fingerprint density at radius 3 is 2.25 bits per heavy atom. The van der Waals surface area contributed by atoms with E-state index >= 15 is 0 Å². The molecule has 0 heterocycles. The molecule has 0 bridgehead atoms. The largest absolute Gasteiger partial charge is 0.409 e. The number of oxime groups is 1. The first-order valence-electron chi connectivity index (χ1n) is 7.06. The Labute approximate surface area is 116 Å². The van der Waals surface area contributed by atoms with E-state index in [4.69, 9.17) is 10.9 Å². The highest BCUT2D eigenvalue weighted by Crippen LogP contribution is 2.37. The summed E-state index contributed by atoms with van der Waals surface area (Å²) in [6.07, 6.45) is 2.90. The van der Waals surface area contributed by atoms with Crippen molar-refractivity contribution < 1.29 is 18.8 Å². The molecule has 2 saturated carbocycles. The second-order valence-corrected chi connectivity index (χ2v) is 5.89. The van der Waals surface area contributed by atoms with Gasteiger partial charge in [0.15, 0.2) is 5.84 Å². The van der Waals surface area contributed by atoms with Crippen molar-refractivity contribution in [2.24, 2.45) is 16.8 Å². The van der Waals surface area contributed by atoms with Crippen LogP contribution in [0.3, 0.4) is 0 Å². The minimum Gasteiger partial charge on any atom is -0.409 e. The van der Waals surface area contributed by atoms with Crippen molar-refractivity contribution in [1.82, 2.24) is 5.32 Å². The smallest absolute Gasteiger partial charge is 0.248 e. The van der Waals surface area contributed by atoms with E-state index in [2.05, 4.69) is 10.5 Å². The zero-order valence-corrected chi connectivity index (χ0v) is 11.4. The van der Waals surface area contributed by atoms with Crippen LogP contribution in [0.5, 0.6) is 0 Å². The Kier molecular flexibility index (Phi) is 4.15. The number of hydrogen-bond donors (Lipinski definition) is 3. The Hall–Kier alpha value is -1.40. The maximum absolute atomic E-state index is 13.1. The quantitative estimate of drug-likeness (QED) is 0.321. The average Bonchev–Trinajstić information content (AvgIpc) is 2.87. The van der Waals surface area contributed by atoms with Crippen molar-refractivity contribution in [2.75, 3.05) is 0 Å². The van der Waals surface area contributed by atoms with Crippen LogP contribution in [-0.2, 0) is 4.79 Å². The molecule has 2 rings (SSSR count). The summed E-state index contributed by atoms with van der Waals surface area (Å²) in [5.41, 5.74) is 4.90. The van der Waals surface area contributed by atoms with Gasteiger partial charge in [0.05, 0.1) is 0 Å². The van der Waals surface area contributed by atoms with Crippen LogP contribution >= 0.6 is 0 Å². The summed E-state index contributed by atoms with van der Waals surface area (Å²) in [5.74, 6) is -3.30. The van der Waals surface area contributed by atoms with Crippen molar-refractivity contribution in [3.63, 3.8) is 0 Å². The SMILES string of the molecule is NC(=NO)C1(NC(=O)C2CCC(F)(F)CC2)CCCC1. The third-order valence-electron chi connectivity index (χ3n) is 4.51. The van der Waals surface area contributed by atoms with Crippen LogP contribution in [0.15, 0.2) is 5.16 Å². The first kappa shape index (κ1) is 15.0. The van der Waals surface area contributed by atoms with Crippen molar-refractivity contribution in [1.29, 1.82) is 0 Å². The van der Waals surface area contributed by atoms with E-state index < -0.39 is 17.4 Å². The van der Waals surface area contributed by atoms with E-state index in [1.165, 1.54) is 0 Å². The fourth-order valence-corrected chi connectivity index (χ4v) is 3.16. The summed E-state index contributed by atoms with van der Waals surface area (Å²) >= 11 is 0. The number of carbonyl (C=O) groups is 1. The molecule has 2 fully saturated rings. The number of nitrogens with two attached hydrogens (primary N) is 1. The molecular formula is C13H21F2N3O2. The number of halogens is 2. The van der Waals surface area contributed by atoms with Gasteiger partial charge in [-0.05, 0) is 25.7 Å². The Morgan fingerprint density at radius 2 is 1.75 bits per heavy atom. The van der Waals surface area contributed by atoms with Gasteiger partial charge in [0.1, 0.15) is 5.54 Å². The highest BCUT2D eigenvalue weighted by molar-refractivity contribution is 5.94. The first-order chi connectivity index (χ1) is 9.38. The molecule has 0 atom stereocenters. The summed E-state index contributed by atoms with van der Waals surface area (Å²) in [4.78, 5) is 12.2. The monoisotopic (exact) mass is 289 g/mol. The lowest BCUT2D eigenvalue weighted by Crippen LogP contribution is -2.57. The Morgan fingerprint density at radius 1 is 1.20 bits per heavy atom. The topological polar surface area (TPSA) is 87.7 Å². The van der Waals surface area contributed by atoms with Gasteiger partial charge in [-0.25, -0.2) is 8.78 Å². The fourth-order valence-electron chi connectivity index (χ4n) is 3.16. The molecule has 0 aromatic heterocycles. The van der Waals surface area contributed by atoms with Gasteiger partial charge in [0.2, 0.25) is 11.8 Å². The minimum absolute atomic E-state index is 0.00416. The van der Waals surface area contributed by atoms with Gasteiger partial charge in [-0.15, -0.1) is 0 Å². The van der Waals surface area contributed by atoms with E-state index in [1.807, 2.05) is 0 Å². The van der Waals surface area contributed by atoms with Crippen molar-refractivity contribution in [2.45, 2.75) is 62.8 Å². The van der Waals surface area contributed by atoms with Crippen LogP contribution in [-0.4, -0.2) is 28.4 Å². The van der Waals surface area contributed by atoms with Crippen molar-refractivity contribution >= 4 is 11.7 Å². The van der Waals surface area contributed by atoms with Gasteiger partial charge >= 0.3 is 0 Å². The molecule has 0 aromatic carbocycles. The van der Waals surface area contributed by atoms with Crippen LogP contribution in [0.2, 0.25) is 0 Å². The first-order valence-corrected chi connectivity index (χ1v) is 7.06. The third-order valence-corrected chi connectivity index (χ3v) is 4.51. The molecule has 4 N–H and O–H groups in total. The van der Waals surface area contributed by atoms with E-state index in [9.17, 15) is 13.6 Å². The number of rotatable bonds is 3. The molecule has 5 nitrogen and oxygen atoms in total. The Balaban J connectivity index is 2.00. The van der Waals surface area contributed by atoms with E-state index in [0.717, 1.165) is 12.8 Å². The van der Waals surface area contributed by atoms with Crippen LogP contribution in [0, 0.1) is 5.92 Å². The van der Waals surface area contributed by atoms with E-state index in [0.29, 0.717) is 12.8 Å². The standard InChI is InChI=1S/C13H21F2N3O2/c14-13(15)7-3-9(4-8-13)10(19)17-12(11(16)18-20)5-1-2-6-12/h9,20H,1-8H2,(H2,16,18)(H,17,19). The fraction of sp³-hybridized carbons (Fsp3) is 0.846. The molecular weight excluding hydrogens is 268 g/mol. The van der Waals surface area contributed by atoms with Gasteiger partial charge in [0, 0.05) is 18.8 Å². The highest BCUT2D eigenvalue weighted by Gasteiger charge is 2.43. The summed E-state index contributed by atoms with van der Waals surface area (Å²) in [7, 11) is 0. The van der Waals surface area contributed by atoms with E-state index in [1.54, 1.807) is 0 Å².